The van der Waals surface area contributed by atoms with Crippen LogP contribution in [0.3, 0.4) is 0 Å². The van der Waals surface area contributed by atoms with Crippen molar-refractivity contribution in [2.45, 2.75) is 33.7 Å². The first-order chi connectivity index (χ1) is 9.21. The van der Waals surface area contributed by atoms with E-state index in [9.17, 15) is 0 Å². The van der Waals surface area contributed by atoms with Gasteiger partial charge in [-0.2, -0.15) is 0 Å². The second kappa shape index (κ2) is 9.28. The zero-order valence-corrected chi connectivity index (χ0v) is 13.4. The van der Waals surface area contributed by atoms with Crippen LogP contribution in [0.1, 0.15) is 32.9 Å². The lowest BCUT2D eigenvalue weighted by atomic mass is 10.1. The fourth-order valence-electron chi connectivity index (χ4n) is 1.76. The molecule has 1 unspecified atom stereocenters. The molecule has 1 aromatic rings. The van der Waals surface area contributed by atoms with Gasteiger partial charge in [0.2, 0.25) is 0 Å². The van der Waals surface area contributed by atoms with Crippen molar-refractivity contribution in [2.75, 3.05) is 38.3 Å². The van der Waals surface area contributed by atoms with E-state index in [4.69, 9.17) is 9.72 Å². The number of hydrogen-bond donors (Lipinski definition) is 1. The first-order valence-electron chi connectivity index (χ1n) is 7.10. The number of thiazole rings is 1. The van der Waals surface area contributed by atoms with E-state index in [1.165, 1.54) is 6.42 Å². The second-order valence-corrected chi connectivity index (χ2v) is 5.68. The summed E-state index contributed by atoms with van der Waals surface area (Å²) in [6.07, 6.45) is 1.22. The summed E-state index contributed by atoms with van der Waals surface area (Å²) in [6.45, 7) is 11.3. The van der Waals surface area contributed by atoms with E-state index >= 15 is 0 Å². The van der Waals surface area contributed by atoms with Crippen LogP contribution in [-0.4, -0.2) is 38.3 Å². The van der Waals surface area contributed by atoms with Crippen molar-refractivity contribution in [2.24, 2.45) is 5.92 Å². The Morgan fingerprint density at radius 3 is 2.89 bits per heavy atom. The highest BCUT2D eigenvalue weighted by atomic mass is 32.1. The lowest BCUT2D eigenvalue weighted by Gasteiger charge is -2.23. The summed E-state index contributed by atoms with van der Waals surface area (Å²) in [7, 11) is 1.72. The molecule has 0 spiro atoms. The van der Waals surface area contributed by atoms with Gasteiger partial charge in [-0.1, -0.05) is 20.3 Å². The quantitative estimate of drug-likeness (QED) is 0.671. The molecule has 5 heteroatoms. The van der Waals surface area contributed by atoms with Crippen molar-refractivity contribution in [3.05, 3.63) is 11.1 Å². The smallest absolute Gasteiger partial charge is 0.185 e. The molecule has 0 aliphatic carbocycles. The highest BCUT2D eigenvalue weighted by Crippen LogP contribution is 2.21. The molecule has 0 aliphatic heterocycles. The summed E-state index contributed by atoms with van der Waals surface area (Å²) in [5.74, 6) is 0.715. The molecule has 0 aliphatic rings. The average Bonchev–Trinajstić information content (AvgIpc) is 2.89. The molecule has 1 aromatic heterocycles. The molecule has 0 fully saturated rings. The lowest BCUT2D eigenvalue weighted by molar-refractivity contribution is 0.199. The van der Waals surface area contributed by atoms with Gasteiger partial charge in [0.05, 0.1) is 12.3 Å². The van der Waals surface area contributed by atoms with E-state index < -0.39 is 0 Å². The molecule has 0 saturated carbocycles. The summed E-state index contributed by atoms with van der Waals surface area (Å²) in [4.78, 5) is 7.08. The third-order valence-electron chi connectivity index (χ3n) is 3.21. The van der Waals surface area contributed by atoms with Crippen LogP contribution in [0.5, 0.6) is 0 Å². The van der Waals surface area contributed by atoms with Crippen molar-refractivity contribution in [1.29, 1.82) is 0 Å². The number of methoxy groups -OCH3 is 1. The normalized spacial score (nSPS) is 12.6. The van der Waals surface area contributed by atoms with Crippen LogP contribution in [0.15, 0.2) is 5.38 Å². The van der Waals surface area contributed by atoms with Crippen molar-refractivity contribution in [1.82, 2.24) is 10.3 Å². The van der Waals surface area contributed by atoms with Gasteiger partial charge in [0.15, 0.2) is 5.13 Å². The van der Waals surface area contributed by atoms with Gasteiger partial charge in [0.25, 0.3) is 0 Å². The Balaban J connectivity index is 2.46. The summed E-state index contributed by atoms with van der Waals surface area (Å²) >= 11 is 1.74. The molecule has 110 valence electrons. The highest BCUT2D eigenvalue weighted by Gasteiger charge is 2.12. The first-order valence-corrected chi connectivity index (χ1v) is 7.98. The molecule has 0 saturated heterocycles. The summed E-state index contributed by atoms with van der Waals surface area (Å²) < 4.78 is 5.01. The molecule has 19 heavy (non-hydrogen) atoms. The topological polar surface area (TPSA) is 37.4 Å². The lowest BCUT2D eigenvalue weighted by Crippen LogP contribution is -2.28. The van der Waals surface area contributed by atoms with E-state index in [2.05, 4.69) is 36.4 Å². The second-order valence-electron chi connectivity index (χ2n) is 4.84. The standard InChI is InChI=1S/C14H27N3OS/c1-5-12(3)10-17(6-2)14-16-13(11-19-14)9-15-7-8-18-4/h11-12,15H,5-10H2,1-4H3. The molecule has 0 bridgehead atoms. The van der Waals surface area contributed by atoms with Crippen molar-refractivity contribution in [3.8, 4) is 0 Å². The molecule has 0 amide bonds. The Morgan fingerprint density at radius 1 is 1.47 bits per heavy atom. The summed E-state index contributed by atoms with van der Waals surface area (Å²) in [5, 5.41) is 6.62. The molecule has 1 rings (SSSR count). The predicted octanol–water partition coefficient (Wildman–Crippen LogP) is 2.75. The molecule has 1 atom stereocenters. The summed E-state index contributed by atoms with van der Waals surface area (Å²) in [5.41, 5.74) is 1.12. The number of anilines is 1. The monoisotopic (exact) mass is 285 g/mol. The van der Waals surface area contributed by atoms with E-state index in [-0.39, 0.29) is 0 Å². The van der Waals surface area contributed by atoms with Gasteiger partial charge in [0, 0.05) is 38.7 Å². The van der Waals surface area contributed by atoms with Gasteiger partial charge in [-0.3, -0.25) is 0 Å². The molecule has 1 N–H and O–H groups in total. The van der Waals surface area contributed by atoms with E-state index in [1.54, 1.807) is 18.4 Å². The zero-order chi connectivity index (χ0) is 14.1. The van der Waals surface area contributed by atoms with Crippen LogP contribution in [0.2, 0.25) is 0 Å². The zero-order valence-electron chi connectivity index (χ0n) is 12.6. The maximum Gasteiger partial charge on any atom is 0.185 e. The van der Waals surface area contributed by atoms with Gasteiger partial charge >= 0.3 is 0 Å². The molecular weight excluding hydrogens is 258 g/mol. The third kappa shape index (κ3) is 5.89. The van der Waals surface area contributed by atoms with Crippen LogP contribution < -0.4 is 10.2 Å². The Kier molecular flexibility index (Phi) is 8.02. The number of rotatable bonds is 10. The molecular formula is C14H27N3OS. The minimum Gasteiger partial charge on any atom is -0.383 e. The van der Waals surface area contributed by atoms with Crippen LogP contribution in [0.25, 0.3) is 0 Å². The molecule has 4 nitrogen and oxygen atoms in total. The minimum atomic E-state index is 0.715. The number of nitrogens with zero attached hydrogens (tertiary/aromatic N) is 2. The Labute approximate surface area is 121 Å². The van der Waals surface area contributed by atoms with Crippen molar-refractivity contribution >= 4 is 16.5 Å². The van der Waals surface area contributed by atoms with Crippen LogP contribution in [-0.2, 0) is 11.3 Å². The van der Waals surface area contributed by atoms with Gasteiger partial charge in [-0.05, 0) is 12.8 Å². The van der Waals surface area contributed by atoms with Gasteiger partial charge in [-0.15, -0.1) is 11.3 Å². The Bertz CT molecular complexity index is 343. The third-order valence-corrected chi connectivity index (χ3v) is 4.16. The van der Waals surface area contributed by atoms with Gasteiger partial charge in [-0.25, -0.2) is 4.98 Å². The van der Waals surface area contributed by atoms with Crippen molar-refractivity contribution < 1.29 is 4.74 Å². The van der Waals surface area contributed by atoms with E-state index in [1.807, 2.05) is 0 Å². The van der Waals surface area contributed by atoms with Gasteiger partial charge in [0.1, 0.15) is 0 Å². The highest BCUT2D eigenvalue weighted by molar-refractivity contribution is 7.13. The number of aromatic nitrogens is 1. The Morgan fingerprint density at radius 2 is 2.26 bits per heavy atom. The van der Waals surface area contributed by atoms with Crippen molar-refractivity contribution in [3.63, 3.8) is 0 Å². The molecule has 0 radical (unpaired) electrons. The molecule has 0 aromatic carbocycles. The Hall–Kier alpha value is -0.650. The number of nitrogens with one attached hydrogen (secondary N) is 1. The van der Waals surface area contributed by atoms with Gasteiger partial charge < -0.3 is 15.0 Å². The SMILES string of the molecule is CCC(C)CN(CC)c1nc(CNCCOC)cs1. The maximum absolute atomic E-state index is 5.01. The van der Waals surface area contributed by atoms with Crippen LogP contribution >= 0.6 is 11.3 Å². The van der Waals surface area contributed by atoms with Crippen LogP contribution in [0.4, 0.5) is 5.13 Å². The van der Waals surface area contributed by atoms with Crippen LogP contribution in [0, 0.1) is 5.92 Å². The maximum atomic E-state index is 5.01. The summed E-state index contributed by atoms with van der Waals surface area (Å²) in [6, 6.07) is 0. The molecule has 1 heterocycles. The fraction of sp³-hybridized carbons (Fsp3) is 0.786. The number of hydrogen-bond acceptors (Lipinski definition) is 5. The average molecular weight is 285 g/mol. The number of ether oxygens (including phenoxy) is 1. The first kappa shape index (κ1) is 16.4. The largest absolute Gasteiger partial charge is 0.383 e. The minimum absolute atomic E-state index is 0.715. The predicted molar refractivity (Wildman–Crippen MR) is 83.0 cm³/mol. The fourth-order valence-corrected chi connectivity index (χ4v) is 2.66. The van der Waals surface area contributed by atoms with E-state index in [0.717, 1.165) is 43.6 Å². The van der Waals surface area contributed by atoms with E-state index in [0.29, 0.717) is 5.92 Å².